The van der Waals surface area contributed by atoms with Gasteiger partial charge in [-0.15, -0.1) is 0 Å². The van der Waals surface area contributed by atoms with Crippen molar-refractivity contribution in [2.75, 3.05) is 0 Å². The van der Waals surface area contributed by atoms with Crippen LogP contribution in [-0.2, 0) is 0 Å². The quantitative estimate of drug-likeness (QED) is 0.509. The van der Waals surface area contributed by atoms with Crippen LogP contribution >= 0.6 is 0 Å². The Labute approximate surface area is 168 Å². The van der Waals surface area contributed by atoms with Gasteiger partial charge in [0.2, 0.25) is 0 Å². The van der Waals surface area contributed by atoms with Gasteiger partial charge in [0, 0.05) is 35.2 Å². The first-order chi connectivity index (χ1) is 13.1. The Bertz CT molecular complexity index is 690. The predicted octanol–water partition coefficient (Wildman–Crippen LogP) is 5.08. The Kier molecular flexibility index (Phi) is 12.6. The van der Waals surface area contributed by atoms with Crippen molar-refractivity contribution in [3.05, 3.63) is 64.9 Å². The van der Waals surface area contributed by atoms with E-state index in [0.29, 0.717) is 0 Å². The van der Waals surface area contributed by atoms with Gasteiger partial charge in [0.05, 0.1) is 11.4 Å². The van der Waals surface area contributed by atoms with E-state index in [0.717, 1.165) is 40.0 Å². The normalized spacial score (nSPS) is 9.46. The molecule has 0 amide bonds. The first-order valence-electron chi connectivity index (χ1n) is 9.21. The van der Waals surface area contributed by atoms with Gasteiger partial charge in [0.1, 0.15) is 5.82 Å². The number of aryl methyl sites for hydroxylation is 6. The Morgan fingerprint density at radius 3 is 1.46 bits per heavy atom. The lowest BCUT2D eigenvalue weighted by Crippen LogP contribution is -1.74. The summed E-state index contributed by atoms with van der Waals surface area (Å²) in [7, 11) is 0. The Morgan fingerprint density at radius 1 is 0.857 bits per heavy atom. The molecular weight excluding hydrogens is 350 g/mol. The summed E-state index contributed by atoms with van der Waals surface area (Å²) in [6.45, 7) is 17.7. The molecule has 0 bridgehead atoms. The lowest BCUT2D eigenvalue weighted by atomic mass is 10.4. The van der Waals surface area contributed by atoms with Gasteiger partial charge in [-0.1, -0.05) is 6.08 Å². The van der Waals surface area contributed by atoms with E-state index < -0.39 is 0 Å². The molecule has 0 unspecified atom stereocenters. The summed E-state index contributed by atoms with van der Waals surface area (Å²) in [5, 5.41) is 13.4. The minimum Gasteiger partial charge on any atom is -0.346 e. The highest BCUT2D eigenvalue weighted by molar-refractivity contribution is 5.79. The monoisotopic (exact) mass is 385 g/mol. The van der Waals surface area contributed by atoms with E-state index in [2.05, 4.69) is 35.4 Å². The smallest absolute Gasteiger partial charge is 0.103 e. The third-order valence-corrected chi connectivity index (χ3v) is 2.98. The molecule has 0 aliphatic heterocycles. The molecule has 0 saturated heterocycles. The SMILES string of the molecule is C/C=C/N=C(C)C.Cc1cc(C)[nH]n1.Cc1cc(C)[nH]n1.Cc1cnc(C)[nH]1. The molecule has 0 radical (unpaired) electrons. The standard InChI is InChI=1S/C6H11N.3C5H8N2/c1-4-5-7-6(2)3;1-4-3-6-5(2)7-4;2*1-4-3-5(2)7-6-4/h4-5H,1-3H3;3*3H,1-2H3,(H,6,7)/b5-4+;;;. The van der Waals surface area contributed by atoms with Gasteiger partial charge in [-0.2, -0.15) is 10.2 Å². The molecule has 0 atom stereocenters. The van der Waals surface area contributed by atoms with Gasteiger partial charge >= 0.3 is 0 Å². The van der Waals surface area contributed by atoms with E-state index >= 15 is 0 Å². The van der Waals surface area contributed by atoms with Crippen LogP contribution in [0.15, 0.2) is 35.6 Å². The molecule has 0 spiro atoms. The molecule has 3 N–H and O–H groups in total. The highest BCUT2D eigenvalue weighted by atomic mass is 15.1. The molecular formula is C21H35N7. The van der Waals surface area contributed by atoms with Crippen molar-refractivity contribution < 1.29 is 0 Å². The van der Waals surface area contributed by atoms with Gasteiger partial charge < -0.3 is 4.98 Å². The fraction of sp³-hybridized carbons (Fsp3) is 0.429. The number of aromatic amines is 3. The fourth-order valence-corrected chi connectivity index (χ4v) is 1.88. The van der Waals surface area contributed by atoms with E-state index in [1.165, 1.54) is 0 Å². The average molecular weight is 386 g/mol. The zero-order valence-electron chi connectivity index (χ0n) is 18.7. The second-order valence-electron chi connectivity index (χ2n) is 6.60. The van der Waals surface area contributed by atoms with E-state index in [1.54, 1.807) is 6.20 Å². The molecule has 0 aliphatic carbocycles. The number of aromatic nitrogens is 6. The Morgan fingerprint density at radius 2 is 1.36 bits per heavy atom. The second-order valence-corrected chi connectivity index (χ2v) is 6.60. The number of hydrogen-bond acceptors (Lipinski definition) is 4. The predicted molar refractivity (Wildman–Crippen MR) is 118 cm³/mol. The molecule has 7 heteroatoms. The molecule has 0 fully saturated rings. The van der Waals surface area contributed by atoms with Crippen molar-refractivity contribution >= 4 is 5.71 Å². The van der Waals surface area contributed by atoms with Gasteiger partial charge in [-0.25, -0.2) is 4.98 Å². The third kappa shape index (κ3) is 14.2. The zero-order chi connectivity index (χ0) is 21.5. The number of allylic oxidation sites excluding steroid dienone is 1. The molecule has 3 aromatic rings. The summed E-state index contributed by atoms with van der Waals surface area (Å²) in [6, 6.07) is 4.00. The van der Waals surface area contributed by atoms with Crippen LogP contribution in [-0.4, -0.2) is 36.1 Å². The van der Waals surface area contributed by atoms with Crippen molar-refractivity contribution in [1.82, 2.24) is 30.4 Å². The van der Waals surface area contributed by atoms with Gasteiger partial charge in [-0.3, -0.25) is 15.2 Å². The number of nitrogens with zero attached hydrogens (tertiary/aromatic N) is 4. The van der Waals surface area contributed by atoms with Crippen LogP contribution < -0.4 is 0 Å². The number of nitrogens with one attached hydrogen (secondary N) is 3. The van der Waals surface area contributed by atoms with Crippen LogP contribution in [0, 0.1) is 41.5 Å². The zero-order valence-corrected chi connectivity index (χ0v) is 18.7. The number of imidazole rings is 1. The van der Waals surface area contributed by atoms with E-state index in [1.807, 2.05) is 86.7 Å². The fourth-order valence-electron chi connectivity index (χ4n) is 1.88. The first-order valence-corrected chi connectivity index (χ1v) is 9.21. The summed E-state index contributed by atoms with van der Waals surface area (Å²) < 4.78 is 0. The number of H-pyrrole nitrogens is 3. The first kappa shape index (κ1) is 25.0. The van der Waals surface area contributed by atoms with Crippen LogP contribution in [0.25, 0.3) is 0 Å². The lowest BCUT2D eigenvalue weighted by Gasteiger charge is -1.78. The summed E-state index contributed by atoms with van der Waals surface area (Å²) in [5.41, 5.74) is 6.57. The van der Waals surface area contributed by atoms with Gasteiger partial charge in [-0.05, 0) is 74.4 Å². The maximum Gasteiger partial charge on any atom is 0.103 e. The summed E-state index contributed by atoms with van der Waals surface area (Å²) in [5.74, 6) is 0.984. The van der Waals surface area contributed by atoms with Crippen molar-refractivity contribution in [3.8, 4) is 0 Å². The van der Waals surface area contributed by atoms with Crippen LogP contribution in [0.1, 0.15) is 55.1 Å². The largest absolute Gasteiger partial charge is 0.346 e. The van der Waals surface area contributed by atoms with E-state index in [9.17, 15) is 0 Å². The van der Waals surface area contributed by atoms with E-state index in [-0.39, 0.29) is 0 Å². The van der Waals surface area contributed by atoms with E-state index in [4.69, 9.17) is 0 Å². The molecule has 0 aliphatic rings. The minimum atomic E-state index is 0.984. The molecule has 7 nitrogen and oxygen atoms in total. The Balaban J connectivity index is 0.000000347. The van der Waals surface area contributed by atoms with Crippen LogP contribution in [0.5, 0.6) is 0 Å². The van der Waals surface area contributed by atoms with Gasteiger partial charge in [0.15, 0.2) is 0 Å². The van der Waals surface area contributed by atoms with Gasteiger partial charge in [0.25, 0.3) is 0 Å². The van der Waals surface area contributed by atoms with Crippen LogP contribution in [0.3, 0.4) is 0 Å². The summed E-state index contributed by atoms with van der Waals surface area (Å²) in [6.07, 6.45) is 5.51. The average Bonchev–Trinajstić information content (AvgIpc) is 3.30. The van der Waals surface area contributed by atoms with Crippen LogP contribution in [0.2, 0.25) is 0 Å². The minimum absolute atomic E-state index is 0.984. The number of rotatable bonds is 1. The maximum atomic E-state index is 3.98. The molecule has 28 heavy (non-hydrogen) atoms. The molecule has 3 aromatic heterocycles. The molecule has 154 valence electrons. The Hall–Kier alpha value is -2.96. The highest BCUT2D eigenvalue weighted by Gasteiger charge is 1.85. The molecule has 3 heterocycles. The molecule has 0 aromatic carbocycles. The third-order valence-electron chi connectivity index (χ3n) is 2.98. The summed E-state index contributed by atoms with van der Waals surface area (Å²) in [4.78, 5) is 11.0. The second kappa shape index (κ2) is 14.1. The topological polar surface area (TPSA) is 98.4 Å². The van der Waals surface area contributed by atoms with Crippen LogP contribution in [0.4, 0.5) is 0 Å². The van der Waals surface area contributed by atoms with Crippen molar-refractivity contribution in [1.29, 1.82) is 0 Å². The van der Waals surface area contributed by atoms with Crippen molar-refractivity contribution in [3.63, 3.8) is 0 Å². The number of hydrogen-bond donors (Lipinski definition) is 3. The van der Waals surface area contributed by atoms with Crippen molar-refractivity contribution in [2.24, 2.45) is 4.99 Å². The maximum absolute atomic E-state index is 3.98. The number of aliphatic imine (C=N–C) groups is 1. The lowest BCUT2D eigenvalue weighted by molar-refractivity contribution is 1.02. The molecule has 0 saturated carbocycles. The highest BCUT2D eigenvalue weighted by Crippen LogP contribution is 1.93. The molecule has 3 rings (SSSR count). The summed E-state index contributed by atoms with van der Waals surface area (Å²) >= 11 is 0. The van der Waals surface area contributed by atoms with Crippen molar-refractivity contribution in [2.45, 2.75) is 62.3 Å².